The van der Waals surface area contributed by atoms with Gasteiger partial charge in [0.05, 0.1) is 11.7 Å². The number of benzene rings is 1. The van der Waals surface area contributed by atoms with Gasteiger partial charge in [-0.2, -0.15) is 0 Å². The summed E-state index contributed by atoms with van der Waals surface area (Å²) < 4.78 is 14.3. The van der Waals surface area contributed by atoms with Crippen molar-refractivity contribution in [1.29, 1.82) is 0 Å². The van der Waals surface area contributed by atoms with Gasteiger partial charge >= 0.3 is 0 Å². The molecule has 0 radical (unpaired) electrons. The van der Waals surface area contributed by atoms with Crippen LogP contribution in [0.15, 0.2) is 40.9 Å². The van der Waals surface area contributed by atoms with E-state index in [1.54, 1.807) is 12.1 Å². The Hall–Kier alpha value is -1.26. The SMILES string of the molecule is CCNC(Cc1cc(F)ccc1Br)c1cccc(C)n1. The van der Waals surface area contributed by atoms with Crippen LogP contribution in [-0.4, -0.2) is 11.5 Å². The molecular formula is C16H18BrFN2. The summed E-state index contributed by atoms with van der Waals surface area (Å²) in [5.41, 5.74) is 2.92. The molecular weight excluding hydrogens is 319 g/mol. The van der Waals surface area contributed by atoms with Crippen molar-refractivity contribution < 1.29 is 4.39 Å². The zero-order valence-corrected chi connectivity index (χ0v) is 13.2. The number of rotatable bonds is 5. The van der Waals surface area contributed by atoms with E-state index in [9.17, 15) is 4.39 Å². The third-order valence-corrected chi connectivity index (χ3v) is 3.92. The molecule has 4 heteroatoms. The maximum absolute atomic E-state index is 13.4. The molecule has 0 fully saturated rings. The highest BCUT2D eigenvalue weighted by Crippen LogP contribution is 2.24. The molecule has 0 saturated carbocycles. The smallest absolute Gasteiger partial charge is 0.123 e. The number of nitrogens with one attached hydrogen (secondary N) is 1. The predicted molar refractivity (Wildman–Crippen MR) is 83.2 cm³/mol. The Morgan fingerprint density at radius 3 is 2.80 bits per heavy atom. The molecule has 2 aromatic rings. The average molecular weight is 337 g/mol. The number of likely N-dealkylation sites (N-methyl/N-ethyl adjacent to an activating group) is 1. The molecule has 0 bridgehead atoms. The summed E-state index contributed by atoms with van der Waals surface area (Å²) >= 11 is 3.48. The van der Waals surface area contributed by atoms with Crippen LogP contribution in [-0.2, 0) is 6.42 Å². The standard InChI is InChI=1S/C16H18BrFN2/c1-3-19-16(15-6-4-5-11(2)20-15)10-12-9-13(18)7-8-14(12)17/h4-9,16,19H,3,10H2,1-2H3. The molecule has 1 heterocycles. The molecule has 2 nitrogen and oxygen atoms in total. The van der Waals surface area contributed by atoms with Crippen molar-refractivity contribution >= 4 is 15.9 Å². The van der Waals surface area contributed by atoms with Crippen LogP contribution < -0.4 is 5.32 Å². The van der Waals surface area contributed by atoms with E-state index in [0.29, 0.717) is 6.42 Å². The molecule has 0 aliphatic carbocycles. The van der Waals surface area contributed by atoms with Crippen molar-refractivity contribution in [3.05, 3.63) is 63.6 Å². The van der Waals surface area contributed by atoms with Gasteiger partial charge in [-0.25, -0.2) is 4.39 Å². The summed E-state index contributed by atoms with van der Waals surface area (Å²) in [6.07, 6.45) is 0.697. The maximum Gasteiger partial charge on any atom is 0.123 e. The number of pyridine rings is 1. The summed E-state index contributed by atoms with van der Waals surface area (Å²) in [5.74, 6) is -0.212. The van der Waals surface area contributed by atoms with Crippen LogP contribution in [0.3, 0.4) is 0 Å². The van der Waals surface area contributed by atoms with Gasteiger partial charge in [-0.15, -0.1) is 0 Å². The Morgan fingerprint density at radius 1 is 1.30 bits per heavy atom. The molecule has 20 heavy (non-hydrogen) atoms. The number of nitrogens with zero attached hydrogens (tertiary/aromatic N) is 1. The van der Waals surface area contributed by atoms with Crippen LogP contribution in [0.25, 0.3) is 0 Å². The fourth-order valence-corrected chi connectivity index (χ4v) is 2.61. The largest absolute Gasteiger partial charge is 0.309 e. The number of hydrogen-bond donors (Lipinski definition) is 1. The van der Waals surface area contributed by atoms with E-state index >= 15 is 0 Å². The van der Waals surface area contributed by atoms with Crippen molar-refractivity contribution in [2.45, 2.75) is 26.3 Å². The highest BCUT2D eigenvalue weighted by atomic mass is 79.9. The lowest BCUT2D eigenvalue weighted by molar-refractivity contribution is 0.532. The van der Waals surface area contributed by atoms with Gasteiger partial charge in [-0.1, -0.05) is 28.9 Å². The molecule has 0 aliphatic heterocycles. The van der Waals surface area contributed by atoms with Gasteiger partial charge in [0.2, 0.25) is 0 Å². The average Bonchev–Trinajstić information content (AvgIpc) is 2.42. The summed E-state index contributed by atoms with van der Waals surface area (Å²) in [4.78, 5) is 4.57. The van der Waals surface area contributed by atoms with Crippen LogP contribution in [0.2, 0.25) is 0 Å². The second kappa shape index (κ2) is 6.95. The first-order valence-electron chi connectivity index (χ1n) is 6.71. The Bertz CT molecular complexity index is 586. The topological polar surface area (TPSA) is 24.9 Å². The van der Waals surface area contributed by atoms with E-state index in [1.807, 2.05) is 25.1 Å². The fourth-order valence-electron chi connectivity index (χ4n) is 2.21. The molecule has 106 valence electrons. The Labute approximate surface area is 127 Å². The van der Waals surface area contributed by atoms with Crippen molar-refractivity contribution in [1.82, 2.24) is 10.3 Å². The zero-order chi connectivity index (χ0) is 14.5. The highest BCUT2D eigenvalue weighted by molar-refractivity contribution is 9.10. The monoisotopic (exact) mass is 336 g/mol. The van der Waals surface area contributed by atoms with Crippen molar-refractivity contribution in [2.24, 2.45) is 0 Å². The lowest BCUT2D eigenvalue weighted by Crippen LogP contribution is -2.24. The first-order chi connectivity index (χ1) is 9.60. The molecule has 1 atom stereocenters. The van der Waals surface area contributed by atoms with Gasteiger partial charge in [0.25, 0.3) is 0 Å². The fraction of sp³-hybridized carbons (Fsp3) is 0.312. The molecule has 1 N–H and O–H groups in total. The lowest BCUT2D eigenvalue weighted by Gasteiger charge is -2.18. The van der Waals surface area contributed by atoms with E-state index in [1.165, 1.54) is 6.07 Å². The number of aryl methyl sites for hydroxylation is 1. The minimum absolute atomic E-state index is 0.0815. The van der Waals surface area contributed by atoms with Crippen LogP contribution >= 0.6 is 15.9 Å². The summed E-state index contributed by atoms with van der Waals surface area (Å²) in [5, 5.41) is 3.42. The van der Waals surface area contributed by atoms with Gasteiger partial charge in [0.15, 0.2) is 0 Å². The van der Waals surface area contributed by atoms with E-state index in [-0.39, 0.29) is 11.9 Å². The minimum Gasteiger partial charge on any atom is -0.309 e. The van der Waals surface area contributed by atoms with Crippen LogP contribution in [0.5, 0.6) is 0 Å². The number of halogens is 2. The van der Waals surface area contributed by atoms with E-state index in [0.717, 1.165) is 28.0 Å². The molecule has 0 amide bonds. The lowest BCUT2D eigenvalue weighted by atomic mass is 10.0. The summed E-state index contributed by atoms with van der Waals surface area (Å²) in [6, 6.07) is 10.8. The van der Waals surface area contributed by atoms with Gasteiger partial charge in [-0.3, -0.25) is 4.98 Å². The number of aromatic nitrogens is 1. The third kappa shape index (κ3) is 3.87. The van der Waals surface area contributed by atoms with Gasteiger partial charge in [-0.05, 0) is 55.8 Å². The zero-order valence-electron chi connectivity index (χ0n) is 11.7. The Morgan fingerprint density at radius 2 is 2.10 bits per heavy atom. The summed E-state index contributed by atoms with van der Waals surface area (Å²) in [6.45, 7) is 4.88. The van der Waals surface area contributed by atoms with Crippen molar-refractivity contribution in [3.63, 3.8) is 0 Å². The quantitative estimate of drug-likeness (QED) is 0.885. The minimum atomic E-state index is -0.212. The first kappa shape index (κ1) is 15.1. The van der Waals surface area contributed by atoms with Crippen molar-refractivity contribution in [2.75, 3.05) is 6.54 Å². The normalized spacial score (nSPS) is 12.4. The molecule has 0 saturated heterocycles. The second-order valence-electron chi connectivity index (χ2n) is 4.75. The van der Waals surface area contributed by atoms with Crippen LogP contribution in [0, 0.1) is 12.7 Å². The first-order valence-corrected chi connectivity index (χ1v) is 7.50. The summed E-state index contributed by atoms with van der Waals surface area (Å²) in [7, 11) is 0. The van der Waals surface area contributed by atoms with Crippen LogP contribution in [0.4, 0.5) is 4.39 Å². The van der Waals surface area contributed by atoms with E-state index in [4.69, 9.17) is 0 Å². The second-order valence-corrected chi connectivity index (χ2v) is 5.61. The van der Waals surface area contributed by atoms with Crippen LogP contribution in [0.1, 0.15) is 29.9 Å². The molecule has 0 spiro atoms. The van der Waals surface area contributed by atoms with Crippen molar-refractivity contribution in [3.8, 4) is 0 Å². The predicted octanol–water partition coefficient (Wildman–Crippen LogP) is 4.18. The molecule has 0 aliphatic rings. The van der Waals surface area contributed by atoms with E-state index in [2.05, 4.69) is 33.2 Å². The van der Waals surface area contributed by atoms with Gasteiger partial charge in [0.1, 0.15) is 5.82 Å². The molecule has 2 rings (SSSR count). The Kier molecular flexibility index (Phi) is 5.26. The van der Waals surface area contributed by atoms with Gasteiger partial charge in [0, 0.05) is 10.2 Å². The molecule has 1 unspecified atom stereocenters. The highest BCUT2D eigenvalue weighted by Gasteiger charge is 2.15. The Balaban J connectivity index is 2.27. The third-order valence-electron chi connectivity index (χ3n) is 3.15. The molecule has 1 aromatic carbocycles. The van der Waals surface area contributed by atoms with Gasteiger partial charge < -0.3 is 5.32 Å². The molecule has 1 aromatic heterocycles. The number of hydrogen-bond acceptors (Lipinski definition) is 2. The van der Waals surface area contributed by atoms with E-state index < -0.39 is 0 Å². The maximum atomic E-state index is 13.4.